The van der Waals surface area contributed by atoms with Crippen LogP contribution in [0.4, 0.5) is 0 Å². The van der Waals surface area contributed by atoms with E-state index in [1.165, 1.54) is 5.57 Å². The van der Waals surface area contributed by atoms with Crippen molar-refractivity contribution >= 4 is 0 Å². The van der Waals surface area contributed by atoms with Crippen molar-refractivity contribution in [3.8, 4) is 0 Å². The molecule has 0 aromatic heterocycles. The van der Waals surface area contributed by atoms with Crippen LogP contribution in [0.15, 0.2) is 17.7 Å². The van der Waals surface area contributed by atoms with Gasteiger partial charge in [-0.1, -0.05) is 20.8 Å². The molecule has 1 aliphatic rings. The molecular formula is C14H24LiN. The molecule has 2 heteroatoms. The first-order valence-electron chi connectivity index (χ1n) is 5.75. The molecule has 0 bridgehead atoms. The summed E-state index contributed by atoms with van der Waals surface area (Å²) in [7, 11) is 0. The molecule has 86 valence electrons. The van der Waals surface area contributed by atoms with E-state index in [0.29, 0.717) is 6.04 Å². The molecule has 1 unspecified atom stereocenters. The molecule has 0 saturated carbocycles. The van der Waals surface area contributed by atoms with Crippen molar-refractivity contribution in [1.82, 2.24) is 5.32 Å². The van der Waals surface area contributed by atoms with Crippen molar-refractivity contribution in [2.75, 3.05) is 0 Å². The van der Waals surface area contributed by atoms with E-state index in [1.54, 1.807) is 0 Å². The van der Waals surface area contributed by atoms with Gasteiger partial charge in [-0.3, -0.25) is 6.08 Å². The van der Waals surface area contributed by atoms with Crippen LogP contribution in [0.2, 0.25) is 0 Å². The number of nitrogens with one attached hydrogen (secondary N) is 1. The summed E-state index contributed by atoms with van der Waals surface area (Å²) in [5.74, 6) is 0. The standard InChI is InChI=1S/C14H24N.Li/c1-13(2,3)12(15-14(4,5)6)11-9-7-8-10-11;/h7,9,12,15H,8H2,1-6H3;/q-1;+1. The second kappa shape index (κ2) is 5.58. The van der Waals surface area contributed by atoms with Crippen LogP contribution < -0.4 is 24.2 Å². The smallest absolute Gasteiger partial charge is 0.308 e. The van der Waals surface area contributed by atoms with Gasteiger partial charge in [0.25, 0.3) is 0 Å². The molecule has 0 heterocycles. The van der Waals surface area contributed by atoms with Crippen LogP contribution in [0.25, 0.3) is 0 Å². The van der Waals surface area contributed by atoms with Gasteiger partial charge in [-0.05, 0) is 26.2 Å². The van der Waals surface area contributed by atoms with Crippen LogP contribution in [0.3, 0.4) is 0 Å². The Labute approximate surface area is 113 Å². The van der Waals surface area contributed by atoms with Gasteiger partial charge in [0.1, 0.15) is 0 Å². The number of hydrogen-bond acceptors (Lipinski definition) is 1. The Bertz CT molecular complexity index is 276. The molecule has 0 radical (unpaired) electrons. The first-order chi connectivity index (χ1) is 6.70. The Morgan fingerprint density at radius 3 is 2.06 bits per heavy atom. The molecule has 16 heavy (non-hydrogen) atoms. The Hall–Kier alpha value is 0.0374. The van der Waals surface area contributed by atoms with E-state index in [2.05, 4.69) is 65.1 Å². The summed E-state index contributed by atoms with van der Waals surface area (Å²) in [6.07, 6.45) is 8.78. The van der Waals surface area contributed by atoms with Crippen molar-refractivity contribution in [2.24, 2.45) is 5.41 Å². The maximum absolute atomic E-state index is 3.69. The van der Waals surface area contributed by atoms with Gasteiger partial charge in [-0.25, -0.2) is 11.6 Å². The summed E-state index contributed by atoms with van der Waals surface area (Å²) in [5.41, 5.74) is 1.69. The predicted molar refractivity (Wildman–Crippen MR) is 66.6 cm³/mol. The predicted octanol–water partition coefficient (Wildman–Crippen LogP) is 0.483. The second-order valence-electron chi connectivity index (χ2n) is 6.43. The molecule has 0 aromatic carbocycles. The molecule has 1 nitrogen and oxygen atoms in total. The third-order valence-electron chi connectivity index (χ3n) is 2.48. The van der Waals surface area contributed by atoms with Crippen LogP contribution in [0.5, 0.6) is 0 Å². The monoisotopic (exact) mass is 213 g/mol. The molecule has 0 fully saturated rings. The zero-order valence-corrected chi connectivity index (χ0v) is 11.9. The average Bonchev–Trinajstić information content (AvgIpc) is 2.47. The Morgan fingerprint density at radius 2 is 1.75 bits per heavy atom. The van der Waals surface area contributed by atoms with Crippen molar-refractivity contribution < 1.29 is 18.9 Å². The first kappa shape index (κ1) is 16.0. The van der Waals surface area contributed by atoms with Crippen molar-refractivity contribution in [1.29, 1.82) is 0 Å². The van der Waals surface area contributed by atoms with E-state index in [9.17, 15) is 0 Å². The van der Waals surface area contributed by atoms with Crippen molar-refractivity contribution in [3.63, 3.8) is 0 Å². The van der Waals surface area contributed by atoms with Gasteiger partial charge in [-0.2, -0.15) is 6.08 Å². The van der Waals surface area contributed by atoms with Crippen LogP contribution in [0.1, 0.15) is 48.0 Å². The maximum atomic E-state index is 3.69. The first-order valence-corrected chi connectivity index (χ1v) is 5.75. The Morgan fingerprint density at radius 1 is 1.19 bits per heavy atom. The Balaban J connectivity index is 0.00000225. The molecule has 1 rings (SSSR count). The zero-order chi connectivity index (χ0) is 11.7. The Kier molecular flexibility index (Phi) is 5.60. The van der Waals surface area contributed by atoms with Gasteiger partial charge in [0, 0.05) is 11.6 Å². The number of hydrogen-bond donors (Lipinski definition) is 1. The topological polar surface area (TPSA) is 12.0 Å². The molecule has 0 aromatic rings. The van der Waals surface area contributed by atoms with Gasteiger partial charge in [0.05, 0.1) is 0 Å². The third-order valence-corrected chi connectivity index (χ3v) is 2.48. The van der Waals surface area contributed by atoms with Gasteiger partial charge in [0.15, 0.2) is 0 Å². The van der Waals surface area contributed by atoms with Gasteiger partial charge >= 0.3 is 18.9 Å². The third kappa shape index (κ3) is 4.91. The summed E-state index contributed by atoms with van der Waals surface area (Å²) in [6.45, 7) is 13.5. The van der Waals surface area contributed by atoms with E-state index in [-0.39, 0.29) is 29.8 Å². The van der Waals surface area contributed by atoms with Crippen molar-refractivity contribution in [3.05, 3.63) is 23.8 Å². The minimum atomic E-state index is 0. The summed E-state index contributed by atoms with van der Waals surface area (Å²) in [5, 5.41) is 3.69. The van der Waals surface area contributed by atoms with Crippen LogP contribution in [-0.2, 0) is 0 Å². The summed E-state index contributed by atoms with van der Waals surface area (Å²) >= 11 is 0. The molecule has 1 N–H and O–H groups in total. The molecule has 0 aliphatic heterocycles. The largest absolute Gasteiger partial charge is 1.00 e. The molecule has 0 saturated heterocycles. The molecule has 1 aliphatic carbocycles. The van der Waals surface area contributed by atoms with Gasteiger partial charge in [0.2, 0.25) is 0 Å². The quantitative estimate of drug-likeness (QED) is 0.520. The fourth-order valence-corrected chi connectivity index (χ4v) is 1.81. The second-order valence-corrected chi connectivity index (χ2v) is 6.43. The van der Waals surface area contributed by atoms with E-state index in [1.807, 2.05) is 0 Å². The SMILES string of the molecule is CC(C)(C)NC(C1=[C-]CC=C1)C(C)(C)C.[Li+]. The summed E-state index contributed by atoms with van der Waals surface area (Å²) < 4.78 is 0. The van der Waals surface area contributed by atoms with Crippen molar-refractivity contribution in [2.45, 2.75) is 59.5 Å². The summed E-state index contributed by atoms with van der Waals surface area (Å²) in [4.78, 5) is 0. The average molecular weight is 213 g/mol. The van der Waals surface area contributed by atoms with E-state index in [0.717, 1.165) is 6.42 Å². The molecular weight excluding hydrogens is 189 g/mol. The normalized spacial score (nSPS) is 18.0. The van der Waals surface area contributed by atoms with Crippen LogP contribution in [0, 0.1) is 11.5 Å². The van der Waals surface area contributed by atoms with E-state index in [4.69, 9.17) is 0 Å². The zero-order valence-electron chi connectivity index (χ0n) is 11.9. The molecule has 0 spiro atoms. The van der Waals surface area contributed by atoms with E-state index >= 15 is 0 Å². The fourth-order valence-electron chi connectivity index (χ4n) is 1.81. The van der Waals surface area contributed by atoms with Gasteiger partial charge in [-0.15, -0.1) is 6.42 Å². The number of rotatable bonds is 2. The van der Waals surface area contributed by atoms with E-state index < -0.39 is 0 Å². The fraction of sp³-hybridized carbons (Fsp3) is 0.714. The molecule has 0 amide bonds. The molecule has 1 atom stereocenters. The number of allylic oxidation sites excluding steroid dienone is 2. The van der Waals surface area contributed by atoms with Gasteiger partial charge < -0.3 is 5.32 Å². The maximum Gasteiger partial charge on any atom is 1.00 e. The van der Waals surface area contributed by atoms with Crippen LogP contribution >= 0.6 is 0 Å². The minimum Gasteiger partial charge on any atom is -0.308 e. The minimum absolute atomic E-state index is 0. The van der Waals surface area contributed by atoms with Crippen LogP contribution in [-0.4, -0.2) is 11.6 Å². The summed E-state index contributed by atoms with van der Waals surface area (Å²) in [6, 6.07) is 0.385.